The average molecular weight is 452 g/mol. The molecule has 2 amide bonds. The van der Waals surface area contributed by atoms with Crippen molar-refractivity contribution in [2.45, 2.75) is 32.6 Å². The van der Waals surface area contributed by atoms with Crippen LogP contribution in [0.5, 0.6) is 0 Å². The number of amides is 2. The summed E-state index contributed by atoms with van der Waals surface area (Å²) in [6, 6.07) is 13.7. The molecule has 1 aliphatic rings. The monoisotopic (exact) mass is 452 g/mol. The molecule has 172 valence electrons. The Morgan fingerprint density at radius 2 is 1.82 bits per heavy atom. The first kappa shape index (κ1) is 22.4. The summed E-state index contributed by atoms with van der Waals surface area (Å²) in [6.45, 7) is 5.03. The van der Waals surface area contributed by atoms with Gasteiger partial charge in [0.15, 0.2) is 5.82 Å². The van der Waals surface area contributed by atoms with E-state index in [0.29, 0.717) is 24.6 Å². The zero-order valence-electron chi connectivity index (χ0n) is 18.4. The second kappa shape index (κ2) is 9.78. The highest BCUT2D eigenvalue weighted by Crippen LogP contribution is 2.26. The van der Waals surface area contributed by atoms with Gasteiger partial charge in [-0.1, -0.05) is 18.2 Å². The minimum Gasteiger partial charge on any atom is -0.372 e. The minimum absolute atomic E-state index is 0.00183. The summed E-state index contributed by atoms with van der Waals surface area (Å²) in [5, 5.41) is 12.8. The van der Waals surface area contributed by atoms with Crippen LogP contribution in [-0.4, -0.2) is 51.9 Å². The van der Waals surface area contributed by atoms with Crippen LogP contribution in [0.1, 0.15) is 19.7 Å². The lowest BCUT2D eigenvalue weighted by Crippen LogP contribution is -2.45. The number of morpholine rings is 1. The number of hydrogen-bond acceptors (Lipinski definition) is 6. The first-order valence-electron chi connectivity index (χ1n) is 10.6. The van der Waals surface area contributed by atoms with Crippen molar-refractivity contribution in [2.24, 2.45) is 0 Å². The maximum Gasteiger partial charge on any atom is 0.313 e. The van der Waals surface area contributed by atoms with Crippen LogP contribution in [-0.2, 0) is 20.9 Å². The predicted molar refractivity (Wildman–Crippen MR) is 120 cm³/mol. The Bertz CT molecular complexity index is 1130. The molecule has 1 saturated heterocycles. The second-order valence-corrected chi connectivity index (χ2v) is 7.92. The lowest BCUT2D eigenvalue weighted by molar-refractivity contribution is -0.136. The van der Waals surface area contributed by atoms with Gasteiger partial charge in [0.25, 0.3) is 0 Å². The smallest absolute Gasteiger partial charge is 0.313 e. The number of nitrogens with zero attached hydrogens (tertiary/aromatic N) is 4. The highest BCUT2D eigenvalue weighted by molar-refractivity contribution is 6.39. The zero-order chi connectivity index (χ0) is 23.4. The lowest BCUT2D eigenvalue weighted by atomic mass is 10.2. The number of carbonyl (C=O) groups is 2. The number of rotatable bonds is 5. The maximum absolute atomic E-state index is 14.7. The molecule has 2 N–H and O–H groups in total. The van der Waals surface area contributed by atoms with E-state index < -0.39 is 17.6 Å². The van der Waals surface area contributed by atoms with Crippen molar-refractivity contribution in [1.82, 2.24) is 20.1 Å². The van der Waals surface area contributed by atoms with Gasteiger partial charge in [-0.05, 0) is 44.2 Å². The van der Waals surface area contributed by atoms with Gasteiger partial charge in [-0.25, -0.2) is 4.39 Å². The molecule has 2 unspecified atom stereocenters. The van der Waals surface area contributed by atoms with Crippen molar-refractivity contribution < 1.29 is 18.7 Å². The lowest BCUT2D eigenvalue weighted by Gasteiger charge is -2.37. The fourth-order valence-corrected chi connectivity index (χ4v) is 3.83. The Morgan fingerprint density at radius 1 is 1.09 bits per heavy atom. The quantitative estimate of drug-likeness (QED) is 0.576. The summed E-state index contributed by atoms with van der Waals surface area (Å²) in [4.78, 5) is 26.5. The fourth-order valence-electron chi connectivity index (χ4n) is 3.83. The molecule has 9 nitrogen and oxygen atoms in total. The number of nitrogens with one attached hydrogen (secondary N) is 2. The standard InChI is InChI=1S/C23H25FN6O3/c1-15-12-29(13-16(2)33-15)20-9-8-17(10-19(20)24)27-23(32)22(31)25-11-21-28-26-14-30(21)18-6-4-3-5-7-18/h3-10,14-16H,11-13H2,1-2H3,(H,25,31)(H,27,32). The zero-order valence-corrected chi connectivity index (χ0v) is 18.4. The molecule has 0 radical (unpaired) electrons. The minimum atomic E-state index is -0.901. The number of halogens is 1. The maximum atomic E-state index is 14.7. The molecule has 4 rings (SSSR count). The Hall–Kier alpha value is -3.79. The fraction of sp³-hybridized carbons (Fsp3) is 0.304. The molecule has 0 aliphatic carbocycles. The molecule has 10 heteroatoms. The van der Waals surface area contributed by atoms with Crippen LogP contribution in [0, 0.1) is 5.82 Å². The highest BCUT2D eigenvalue weighted by atomic mass is 19.1. The van der Waals surface area contributed by atoms with Crippen LogP contribution < -0.4 is 15.5 Å². The van der Waals surface area contributed by atoms with Crippen molar-refractivity contribution in [2.75, 3.05) is 23.3 Å². The topological polar surface area (TPSA) is 101 Å². The molecule has 0 bridgehead atoms. The number of benzene rings is 2. The van der Waals surface area contributed by atoms with Crippen LogP contribution in [0.3, 0.4) is 0 Å². The van der Waals surface area contributed by atoms with Crippen molar-refractivity contribution in [3.8, 4) is 5.69 Å². The Labute approximate surface area is 190 Å². The first-order chi connectivity index (χ1) is 15.9. The van der Waals surface area contributed by atoms with Gasteiger partial charge in [-0.2, -0.15) is 0 Å². The summed E-state index contributed by atoms with van der Waals surface area (Å²) >= 11 is 0. The average Bonchev–Trinajstić information content (AvgIpc) is 3.26. The SMILES string of the molecule is CC1CN(c2ccc(NC(=O)C(=O)NCc3nncn3-c3ccccc3)cc2F)CC(C)O1. The van der Waals surface area contributed by atoms with E-state index in [4.69, 9.17) is 4.74 Å². The molecule has 3 aromatic rings. The molecule has 1 aliphatic heterocycles. The van der Waals surface area contributed by atoms with Gasteiger partial charge in [-0.3, -0.25) is 14.2 Å². The van der Waals surface area contributed by atoms with E-state index in [1.165, 1.54) is 12.4 Å². The van der Waals surface area contributed by atoms with Gasteiger partial charge in [-0.15, -0.1) is 10.2 Å². The molecule has 0 saturated carbocycles. The van der Waals surface area contributed by atoms with Gasteiger partial charge in [0.2, 0.25) is 0 Å². The molecule has 33 heavy (non-hydrogen) atoms. The first-order valence-corrected chi connectivity index (χ1v) is 10.6. The number of ether oxygens (including phenoxy) is 1. The molecule has 2 heterocycles. The van der Waals surface area contributed by atoms with Gasteiger partial charge in [0, 0.05) is 24.5 Å². The number of hydrogen-bond donors (Lipinski definition) is 2. The molecule has 0 spiro atoms. The van der Waals surface area contributed by atoms with Crippen LogP contribution in [0.15, 0.2) is 54.9 Å². The van der Waals surface area contributed by atoms with E-state index in [9.17, 15) is 14.0 Å². The normalized spacial score (nSPS) is 18.1. The third-order valence-corrected chi connectivity index (χ3v) is 5.23. The van der Waals surface area contributed by atoms with Crippen LogP contribution in [0.25, 0.3) is 5.69 Å². The van der Waals surface area contributed by atoms with E-state index in [2.05, 4.69) is 20.8 Å². The van der Waals surface area contributed by atoms with Crippen LogP contribution in [0.2, 0.25) is 0 Å². The number of aromatic nitrogens is 3. The number of anilines is 2. The highest BCUT2D eigenvalue weighted by Gasteiger charge is 2.24. The summed E-state index contributed by atoms with van der Waals surface area (Å²) < 4.78 is 22.1. The summed E-state index contributed by atoms with van der Waals surface area (Å²) in [7, 11) is 0. The van der Waals surface area contributed by atoms with Crippen molar-refractivity contribution >= 4 is 23.2 Å². The van der Waals surface area contributed by atoms with Crippen molar-refractivity contribution in [1.29, 1.82) is 0 Å². The number of para-hydroxylation sites is 1. The van der Waals surface area contributed by atoms with E-state index in [1.807, 2.05) is 49.1 Å². The van der Waals surface area contributed by atoms with E-state index in [0.717, 1.165) is 5.69 Å². The Kier molecular flexibility index (Phi) is 6.64. The van der Waals surface area contributed by atoms with Crippen LogP contribution >= 0.6 is 0 Å². The van der Waals surface area contributed by atoms with E-state index in [1.54, 1.807) is 16.7 Å². The van der Waals surface area contributed by atoms with Gasteiger partial charge in [0.1, 0.15) is 12.1 Å². The summed E-state index contributed by atoms with van der Waals surface area (Å²) in [6.07, 6.45) is 1.50. The third-order valence-electron chi connectivity index (χ3n) is 5.23. The molecule has 1 fully saturated rings. The molecule has 1 aromatic heterocycles. The Balaban J connectivity index is 1.35. The van der Waals surface area contributed by atoms with Gasteiger partial charge >= 0.3 is 11.8 Å². The van der Waals surface area contributed by atoms with E-state index in [-0.39, 0.29) is 24.4 Å². The van der Waals surface area contributed by atoms with Gasteiger partial charge < -0.3 is 20.3 Å². The summed E-state index contributed by atoms with van der Waals surface area (Å²) in [5.74, 6) is -1.78. The number of carbonyl (C=O) groups excluding carboxylic acids is 2. The predicted octanol–water partition coefficient (Wildman–Crippen LogP) is 2.27. The molecule has 2 atom stereocenters. The van der Waals surface area contributed by atoms with Gasteiger partial charge in [0.05, 0.1) is 24.4 Å². The molecule has 2 aromatic carbocycles. The van der Waals surface area contributed by atoms with E-state index >= 15 is 0 Å². The largest absolute Gasteiger partial charge is 0.372 e. The molecular weight excluding hydrogens is 427 g/mol. The molecular formula is C23H25FN6O3. The summed E-state index contributed by atoms with van der Waals surface area (Å²) in [5.41, 5.74) is 1.45. The van der Waals surface area contributed by atoms with Crippen molar-refractivity contribution in [3.05, 3.63) is 66.5 Å². The van der Waals surface area contributed by atoms with Crippen molar-refractivity contribution in [3.63, 3.8) is 0 Å². The second-order valence-electron chi connectivity index (χ2n) is 7.92. The Morgan fingerprint density at radius 3 is 2.52 bits per heavy atom. The third kappa shape index (κ3) is 5.35. The van der Waals surface area contributed by atoms with Crippen LogP contribution in [0.4, 0.5) is 15.8 Å².